The average molecular weight is 255 g/mol. The molecule has 1 saturated carbocycles. The monoisotopic (exact) mass is 255 g/mol. The Labute approximate surface area is 104 Å². The number of aliphatic hydroxyl groups excluding tert-OH is 1. The van der Waals surface area contributed by atoms with Crippen LogP contribution in [0.5, 0.6) is 0 Å². The van der Waals surface area contributed by atoms with Crippen molar-refractivity contribution in [2.45, 2.75) is 25.8 Å². The summed E-state index contributed by atoms with van der Waals surface area (Å²) < 4.78 is 0. The number of nitrogens with zero attached hydrogens (tertiary/aromatic N) is 1. The molecular weight excluding hydrogens is 238 g/mol. The van der Waals surface area contributed by atoms with Gasteiger partial charge in [0.05, 0.1) is 12.6 Å². The molecule has 0 aromatic carbocycles. The first-order valence-corrected chi connectivity index (χ1v) is 6.54. The van der Waals surface area contributed by atoms with Crippen LogP contribution in [0.2, 0.25) is 0 Å². The molecule has 1 fully saturated rings. The van der Waals surface area contributed by atoms with Crippen LogP contribution in [0.15, 0.2) is 5.38 Å². The maximum Gasteiger partial charge on any atom is 0.270 e. The third-order valence-electron chi connectivity index (χ3n) is 3.06. The molecule has 0 bridgehead atoms. The van der Waals surface area contributed by atoms with E-state index in [2.05, 4.69) is 10.3 Å². The van der Waals surface area contributed by atoms with Crippen LogP contribution in [0, 0.1) is 5.41 Å². The molecule has 1 unspecified atom stereocenters. The lowest BCUT2D eigenvalue weighted by atomic mass is 10.1. The molecule has 0 radical (unpaired) electrons. The fourth-order valence-corrected chi connectivity index (χ4v) is 2.28. The van der Waals surface area contributed by atoms with Crippen molar-refractivity contribution < 1.29 is 9.90 Å². The van der Waals surface area contributed by atoms with Gasteiger partial charge in [0.1, 0.15) is 10.7 Å². The summed E-state index contributed by atoms with van der Waals surface area (Å²) in [5.74, 6) is -0.187. The number of thiazole rings is 1. The lowest BCUT2D eigenvalue weighted by Crippen LogP contribution is -2.32. The Kier molecular flexibility index (Phi) is 3.46. The van der Waals surface area contributed by atoms with E-state index in [1.165, 1.54) is 11.3 Å². The van der Waals surface area contributed by atoms with E-state index in [-0.39, 0.29) is 24.0 Å². The van der Waals surface area contributed by atoms with Gasteiger partial charge in [0.15, 0.2) is 0 Å². The molecule has 2 rings (SSSR count). The zero-order valence-corrected chi connectivity index (χ0v) is 10.6. The van der Waals surface area contributed by atoms with E-state index in [4.69, 9.17) is 10.8 Å². The van der Waals surface area contributed by atoms with Crippen LogP contribution in [0.25, 0.3) is 0 Å². The Morgan fingerprint density at radius 2 is 2.47 bits per heavy atom. The van der Waals surface area contributed by atoms with E-state index in [1.807, 2.05) is 6.92 Å². The minimum absolute atomic E-state index is 0.0737. The first-order valence-electron chi connectivity index (χ1n) is 5.66. The maximum absolute atomic E-state index is 11.8. The highest BCUT2D eigenvalue weighted by Gasteiger charge is 2.42. The number of nitrogens with one attached hydrogen (secondary N) is 1. The Balaban J connectivity index is 1.90. The van der Waals surface area contributed by atoms with Crippen molar-refractivity contribution in [3.8, 4) is 0 Å². The first-order chi connectivity index (χ1) is 8.06. The van der Waals surface area contributed by atoms with Crippen molar-refractivity contribution in [2.24, 2.45) is 11.1 Å². The molecule has 1 atom stereocenters. The predicted molar refractivity (Wildman–Crippen MR) is 65.8 cm³/mol. The largest absolute Gasteiger partial charge is 0.396 e. The maximum atomic E-state index is 11.8. The molecule has 94 valence electrons. The third-order valence-corrected chi connectivity index (χ3v) is 4.11. The van der Waals surface area contributed by atoms with Crippen LogP contribution in [0.4, 0.5) is 0 Å². The smallest absolute Gasteiger partial charge is 0.270 e. The van der Waals surface area contributed by atoms with E-state index in [0.29, 0.717) is 12.2 Å². The molecule has 1 amide bonds. The fourth-order valence-electron chi connectivity index (χ4n) is 1.53. The summed E-state index contributed by atoms with van der Waals surface area (Å²) in [6.07, 6.45) is 1.96. The molecule has 4 N–H and O–H groups in total. The van der Waals surface area contributed by atoms with E-state index in [0.717, 1.165) is 17.8 Å². The summed E-state index contributed by atoms with van der Waals surface area (Å²) in [6.45, 7) is 2.49. The second-order valence-electron chi connectivity index (χ2n) is 4.70. The number of aliphatic hydroxyl groups is 1. The second kappa shape index (κ2) is 4.72. The van der Waals surface area contributed by atoms with Gasteiger partial charge in [0.2, 0.25) is 0 Å². The van der Waals surface area contributed by atoms with Gasteiger partial charge >= 0.3 is 0 Å². The summed E-state index contributed by atoms with van der Waals surface area (Å²) in [5, 5.41) is 14.4. The Hall–Kier alpha value is -0.980. The van der Waals surface area contributed by atoms with Crippen LogP contribution < -0.4 is 11.1 Å². The van der Waals surface area contributed by atoms with Gasteiger partial charge in [-0.1, -0.05) is 0 Å². The van der Waals surface area contributed by atoms with Crippen molar-refractivity contribution in [3.05, 3.63) is 16.1 Å². The number of carbonyl (C=O) groups is 1. The molecule has 1 aliphatic rings. The molecule has 1 heterocycles. The van der Waals surface area contributed by atoms with Crippen molar-refractivity contribution in [1.82, 2.24) is 10.3 Å². The Morgan fingerprint density at radius 1 is 1.76 bits per heavy atom. The summed E-state index contributed by atoms with van der Waals surface area (Å²) >= 11 is 1.39. The van der Waals surface area contributed by atoms with Gasteiger partial charge in [0.25, 0.3) is 5.91 Å². The van der Waals surface area contributed by atoms with Gasteiger partial charge in [-0.2, -0.15) is 0 Å². The number of nitrogens with two attached hydrogens (primary N) is 1. The van der Waals surface area contributed by atoms with Crippen molar-refractivity contribution >= 4 is 17.2 Å². The standard InChI is InChI=1S/C11H17N3O2S/c1-7(12)10-14-8(4-17-10)9(16)13-5-11(6-15)2-3-11/h4,7,15H,2-3,5-6,12H2,1H3,(H,13,16). The minimum Gasteiger partial charge on any atom is -0.396 e. The summed E-state index contributed by atoms with van der Waals surface area (Å²) in [7, 11) is 0. The Bertz CT molecular complexity index is 413. The van der Waals surface area contributed by atoms with Gasteiger partial charge in [-0.15, -0.1) is 11.3 Å². The number of hydrogen-bond donors (Lipinski definition) is 3. The highest BCUT2D eigenvalue weighted by atomic mass is 32.1. The first kappa shape index (κ1) is 12.5. The van der Waals surface area contributed by atoms with Gasteiger partial charge in [-0.3, -0.25) is 4.79 Å². The van der Waals surface area contributed by atoms with Crippen LogP contribution >= 0.6 is 11.3 Å². The van der Waals surface area contributed by atoms with Gasteiger partial charge in [0, 0.05) is 17.3 Å². The number of hydrogen-bond acceptors (Lipinski definition) is 5. The van der Waals surface area contributed by atoms with Crippen LogP contribution in [0.3, 0.4) is 0 Å². The number of rotatable bonds is 5. The summed E-state index contributed by atoms with van der Waals surface area (Å²) in [6, 6.07) is -0.145. The zero-order chi connectivity index (χ0) is 12.5. The summed E-state index contributed by atoms with van der Waals surface area (Å²) in [4.78, 5) is 16.0. The molecule has 1 aliphatic carbocycles. The van der Waals surface area contributed by atoms with Crippen LogP contribution in [-0.2, 0) is 0 Å². The molecule has 1 aromatic heterocycles. The van der Waals surface area contributed by atoms with Crippen molar-refractivity contribution in [2.75, 3.05) is 13.2 Å². The molecule has 0 spiro atoms. The third kappa shape index (κ3) is 2.83. The molecule has 5 nitrogen and oxygen atoms in total. The van der Waals surface area contributed by atoms with Gasteiger partial charge in [-0.05, 0) is 19.8 Å². The lowest BCUT2D eigenvalue weighted by molar-refractivity contribution is 0.0930. The van der Waals surface area contributed by atoms with Crippen LogP contribution in [0.1, 0.15) is 41.3 Å². The second-order valence-corrected chi connectivity index (χ2v) is 5.59. The zero-order valence-electron chi connectivity index (χ0n) is 9.77. The van der Waals surface area contributed by atoms with E-state index < -0.39 is 0 Å². The normalized spacial score (nSPS) is 18.8. The fraction of sp³-hybridized carbons (Fsp3) is 0.636. The SMILES string of the molecule is CC(N)c1nc(C(=O)NCC2(CO)CC2)cs1. The molecule has 17 heavy (non-hydrogen) atoms. The van der Waals surface area contributed by atoms with Gasteiger partial charge < -0.3 is 16.2 Å². The molecular formula is C11H17N3O2S. The number of aromatic nitrogens is 1. The van der Waals surface area contributed by atoms with E-state index in [1.54, 1.807) is 5.38 Å². The quantitative estimate of drug-likeness (QED) is 0.721. The lowest BCUT2D eigenvalue weighted by Gasteiger charge is -2.11. The molecule has 0 saturated heterocycles. The topological polar surface area (TPSA) is 88.2 Å². The number of amides is 1. The highest BCUT2D eigenvalue weighted by Crippen LogP contribution is 2.44. The van der Waals surface area contributed by atoms with Crippen LogP contribution in [-0.4, -0.2) is 29.1 Å². The Morgan fingerprint density at radius 3 is 2.94 bits per heavy atom. The van der Waals surface area contributed by atoms with E-state index in [9.17, 15) is 4.79 Å². The summed E-state index contributed by atoms with van der Waals surface area (Å²) in [5.41, 5.74) is 6.02. The van der Waals surface area contributed by atoms with Gasteiger partial charge in [-0.25, -0.2) is 4.98 Å². The van der Waals surface area contributed by atoms with Crippen molar-refractivity contribution in [3.63, 3.8) is 0 Å². The molecule has 1 aromatic rings. The number of carbonyl (C=O) groups excluding carboxylic acids is 1. The van der Waals surface area contributed by atoms with E-state index >= 15 is 0 Å². The highest BCUT2D eigenvalue weighted by molar-refractivity contribution is 7.09. The predicted octanol–water partition coefficient (Wildman–Crippen LogP) is 0.665. The molecule has 0 aliphatic heterocycles. The minimum atomic E-state index is -0.187. The van der Waals surface area contributed by atoms with Crippen molar-refractivity contribution in [1.29, 1.82) is 0 Å². The average Bonchev–Trinajstić information content (AvgIpc) is 2.92. The molecule has 6 heteroatoms.